The van der Waals surface area contributed by atoms with Crippen molar-refractivity contribution in [3.05, 3.63) is 69.1 Å². The first-order valence-electron chi connectivity index (χ1n) is 6.33. The highest BCUT2D eigenvalue weighted by molar-refractivity contribution is 9.10. The number of aromatic nitrogens is 2. The quantitative estimate of drug-likeness (QED) is 0.762. The zero-order chi connectivity index (χ0) is 14.7. The lowest BCUT2D eigenvalue weighted by Gasteiger charge is -2.02. The Hall–Kier alpha value is -1.92. The zero-order valence-electron chi connectivity index (χ0n) is 11.0. The minimum Gasteiger partial charge on any atom is -0.319 e. The maximum Gasteiger partial charge on any atom is 0.266 e. The van der Waals surface area contributed by atoms with E-state index in [9.17, 15) is 4.79 Å². The number of carbonyl (C=O) groups excluding carboxylic acids is 1. The molecule has 0 saturated heterocycles. The fourth-order valence-corrected chi connectivity index (χ4v) is 3.38. The van der Waals surface area contributed by atoms with E-state index < -0.39 is 0 Å². The van der Waals surface area contributed by atoms with Gasteiger partial charge in [-0.3, -0.25) is 9.48 Å². The van der Waals surface area contributed by atoms with Crippen molar-refractivity contribution in [3.8, 4) is 0 Å². The summed E-state index contributed by atoms with van der Waals surface area (Å²) in [4.78, 5) is 12.8. The Bertz CT molecular complexity index is 751. The Morgan fingerprint density at radius 3 is 2.81 bits per heavy atom. The van der Waals surface area contributed by atoms with Crippen LogP contribution in [0.4, 0.5) is 5.69 Å². The summed E-state index contributed by atoms with van der Waals surface area (Å²) < 4.78 is 2.61. The van der Waals surface area contributed by atoms with Gasteiger partial charge >= 0.3 is 0 Å². The Morgan fingerprint density at radius 1 is 1.29 bits per heavy atom. The lowest BCUT2D eigenvalue weighted by atomic mass is 10.2. The van der Waals surface area contributed by atoms with E-state index in [1.165, 1.54) is 16.9 Å². The molecule has 0 aliphatic carbocycles. The summed E-state index contributed by atoms with van der Waals surface area (Å²) in [5.41, 5.74) is 1.86. The van der Waals surface area contributed by atoms with Crippen LogP contribution in [0.1, 0.15) is 15.2 Å². The number of anilines is 1. The molecule has 0 saturated carbocycles. The van der Waals surface area contributed by atoms with Crippen molar-refractivity contribution < 1.29 is 4.79 Å². The molecule has 2 heterocycles. The summed E-state index contributed by atoms with van der Waals surface area (Å²) >= 11 is 4.76. The molecule has 3 aromatic rings. The van der Waals surface area contributed by atoms with Gasteiger partial charge in [-0.1, -0.05) is 30.3 Å². The van der Waals surface area contributed by atoms with Crippen LogP contribution in [0, 0.1) is 0 Å². The minimum atomic E-state index is -0.129. The smallest absolute Gasteiger partial charge is 0.266 e. The van der Waals surface area contributed by atoms with Gasteiger partial charge in [0.2, 0.25) is 0 Å². The minimum absolute atomic E-state index is 0.129. The van der Waals surface area contributed by atoms with E-state index in [2.05, 4.69) is 26.3 Å². The van der Waals surface area contributed by atoms with Crippen molar-refractivity contribution in [3.63, 3.8) is 0 Å². The summed E-state index contributed by atoms with van der Waals surface area (Å²) in [7, 11) is 0. The van der Waals surface area contributed by atoms with E-state index in [0.717, 1.165) is 4.47 Å². The van der Waals surface area contributed by atoms with Crippen LogP contribution >= 0.6 is 27.3 Å². The normalized spacial score (nSPS) is 10.5. The number of nitrogens with zero attached hydrogens (tertiary/aromatic N) is 2. The van der Waals surface area contributed by atoms with Crippen LogP contribution in [0.3, 0.4) is 0 Å². The van der Waals surface area contributed by atoms with Crippen molar-refractivity contribution in [1.82, 2.24) is 9.78 Å². The third-order valence-electron chi connectivity index (χ3n) is 2.90. The number of benzene rings is 1. The number of rotatable bonds is 4. The topological polar surface area (TPSA) is 46.9 Å². The standard InChI is InChI=1S/C15H12BrN3OS/c16-13-6-7-21-14(13)15(20)18-12-8-17-19(10-12)9-11-4-2-1-3-5-11/h1-8,10H,9H2,(H,18,20). The molecule has 0 spiro atoms. The molecule has 0 fully saturated rings. The van der Waals surface area contributed by atoms with Crippen LogP contribution < -0.4 is 5.32 Å². The Labute approximate surface area is 134 Å². The monoisotopic (exact) mass is 361 g/mol. The summed E-state index contributed by atoms with van der Waals surface area (Å²) in [6.07, 6.45) is 3.48. The van der Waals surface area contributed by atoms with Crippen LogP contribution in [-0.4, -0.2) is 15.7 Å². The average Bonchev–Trinajstić information content (AvgIpc) is 3.09. The molecule has 106 valence electrons. The SMILES string of the molecule is O=C(Nc1cnn(Cc2ccccc2)c1)c1sccc1Br. The van der Waals surface area contributed by atoms with Gasteiger partial charge in [0.25, 0.3) is 5.91 Å². The van der Waals surface area contributed by atoms with E-state index >= 15 is 0 Å². The van der Waals surface area contributed by atoms with Crippen molar-refractivity contribution >= 4 is 38.9 Å². The first-order chi connectivity index (χ1) is 10.2. The molecular weight excluding hydrogens is 350 g/mol. The van der Waals surface area contributed by atoms with Gasteiger partial charge in [0.15, 0.2) is 0 Å². The molecule has 0 aliphatic rings. The van der Waals surface area contributed by atoms with Gasteiger partial charge in [-0.2, -0.15) is 5.10 Å². The molecule has 4 nitrogen and oxygen atoms in total. The Balaban J connectivity index is 1.68. The number of carbonyl (C=O) groups is 1. The van der Waals surface area contributed by atoms with Crippen LogP contribution in [0.5, 0.6) is 0 Å². The van der Waals surface area contributed by atoms with Crippen LogP contribution in [0.2, 0.25) is 0 Å². The summed E-state index contributed by atoms with van der Waals surface area (Å²) in [5.74, 6) is -0.129. The third kappa shape index (κ3) is 3.40. The second kappa shape index (κ2) is 6.24. The molecule has 1 aromatic carbocycles. The van der Waals surface area contributed by atoms with E-state index in [1.54, 1.807) is 10.9 Å². The largest absolute Gasteiger partial charge is 0.319 e. The molecule has 3 rings (SSSR count). The number of nitrogens with one attached hydrogen (secondary N) is 1. The van der Waals surface area contributed by atoms with Gasteiger partial charge < -0.3 is 5.32 Å². The molecule has 1 N–H and O–H groups in total. The maximum absolute atomic E-state index is 12.1. The number of hydrogen-bond acceptors (Lipinski definition) is 3. The number of hydrogen-bond donors (Lipinski definition) is 1. The second-order valence-corrected chi connectivity index (χ2v) is 6.23. The molecular formula is C15H12BrN3OS. The summed E-state index contributed by atoms with van der Waals surface area (Å²) in [5, 5.41) is 8.98. The van der Waals surface area contributed by atoms with Crippen LogP contribution in [0.15, 0.2) is 58.6 Å². The lowest BCUT2D eigenvalue weighted by molar-refractivity contribution is 0.103. The molecule has 1 amide bonds. The van der Waals surface area contributed by atoms with E-state index in [-0.39, 0.29) is 5.91 Å². The highest BCUT2D eigenvalue weighted by atomic mass is 79.9. The molecule has 0 bridgehead atoms. The molecule has 0 atom stereocenters. The average molecular weight is 362 g/mol. The predicted octanol–water partition coefficient (Wildman–Crippen LogP) is 4.01. The van der Waals surface area contributed by atoms with E-state index in [0.29, 0.717) is 17.1 Å². The summed E-state index contributed by atoms with van der Waals surface area (Å²) in [6.45, 7) is 0.680. The van der Waals surface area contributed by atoms with Gasteiger partial charge in [-0.15, -0.1) is 11.3 Å². The number of amides is 1. The van der Waals surface area contributed by atoms with Gasteiger partial charge in [0.05, 0.1) is 18.4 Å². The number of thiophene rings is 1. The third-order valence-corrected chi connectivity index (χ3v) is 4.74. The molecule has 21 heavy (non-hydrogen) atoms. The van der Waals surface area contributed by atoms with E-state index in [4.69, 9.17) is 0 Å². The van der Waals surface area contributed by atoms with Crippen LogP contribution in [0.25, 0.3) is 0 Å². The van der Waals surface area contributed by atoms with E-state index in [1.807, 2.05) is 48.0 Å². The molecule has 0 unspecified atom stereocenters. The van der Waals surface area contributed by atoms with Crippen molar-refractivity contribution in [1.29, 1.82) is 0 Å². The fourth-order valence-electron chi connectivity index (χ4n) is 1.93. The van der Waals surface area contributed by atoms with Gasteiger partial charge in [0, 0.05) is 10.7 Å². The summed E-state index contributed by atoms with van der Waals surface area (Å²) in [6, 6.07) is 11.9. The molecule has 2 aromatic heterocycles. The molecule has 0 aliphatic heterocycles. The first kappa shape index (κ1) is 14.0. The van der Waals surface area contributed by atoms with Gasteiger partial charge in [-0.25, -0.2) is 0 Å². The Morgan fingerprint density at radius 2 is 2.10 bits per heavy atom. The van der Waals surface area contributed by atoms with Crippen molar-refractivity contribution in [2.75, 3.05) is 5.32 Å². The fraction of sp³-hybridized carbons (Fsp3) is 0.0667. The van der Waals surface area contributed by atoms with Gasteiger partial charge in [-0.05, 0) is 32.9 Å². The van der Waals surface area contributed by atoms with Crippen LogP contribution in [-0.2, 0) is 6.54 Å². The lowest BCUT2D eigenvalue weighted by Crippen LogP contribution is -2.10. The number of halogens is 1. The van der Waals surface area contributed by atoms with Crippen molar-refractivity contribution in [2.45, 2.75) is 6.54 Å². The highest BCUT2D eigenvalue weighted by Crippen LogP contribution is 2.23. The second-order valence-electron chi connectivity index (χ2n) is 4.46. The molecule has 0 radical (unpaired) electrons. The first-order valence-corrected chi connectivity index (χ1v) is 8.00. The highest BCUT2D eigenvalue weighted by Gasteiger charge is 2.12. The van der Waals surface area contributed by atoms with Crippen molar-refractivity contribution in [2.24, 2.45) is 0 Å². The van der Waals surface area contributed by atoms with Gasteiger partial charge in [0.1, 0.15) is 4.88 Å². The molecule has 6 heteroatoms. The predicted molar refractivity (Wildman–Crippen MR) is 87.7 cm³/mol. The Kier molecular flexibility index (Phi) is 4.17. The zero-order valence-corrected chi connectivity index (χ0v) is 13.4. The maximum atomic E-state index is 12.1.